The molecule has 0 saturated carbocycles. The van der Waals surface area contributed by atoms with Crippen molar-refractivity contribution in [2.24, 2.45) is 10.9 Å². The van der Waals surface area contributed by atoms with Gasteiger partial charge in [-0.3, -0.25) is 4.79 Å². The van der Waals surface area contributed by atoms with Crippen molar-refractivity contribution >= 4 is 12.2 Å². The van der Waals surface area contributed by atoms with Crippen LogP contribution in [0.2, 0.25) is 0 Å². The minimum Gasteiger partial charge on any atom is -0.481 e. The van der Waals surface area contributed by atoms with Gasteiger partial charge < -0.3 is 16.0 Å². The first-order chi connectivity index (χ1) is 7.18. The molecule has 0 atom stereocenters. The fourth-order valence-corrected chi connectivity index (χ4v) is 0.597. The minimum atomic E-state index is -0.716. The summed E-state index contributed by atoms with van der Waals surface area (Å²) in [7, 11) is 0. The molecule has 0 aliphatic carbocycles. The van der Waals surface area contributed by atoms with Crippen molar-refractivity contribution in [3.8, 4) is 0 Å². The number of hydrogen-bond donors (Lipinski definition) is 3. The van der Waals surface area contributed by atoms with Gasteiger partial charge in [0.15, 0.2) is 0 Å². The zero-order valence-corrected chi connectivity index (χ0v) is 9.94. The summed E-state index contributed by atoms with van der Waals surface area (Å²) in [5, 5.41) is 18.2. The van der Waals surface area contributed by atoms with Gasteiger partial charge in [0, 0.05) is 12.6 Å². The summed E-state index contributed by atoms with van der Waals surface area (Å²) in [5.74, 6) is -0.716. The van der Waals surface area contributed by atoms with Crippen LogP contribution in [0.15, 0.2) is 5.16 Å². The Morgan fingerprint density at radius 1 is 1.33 bits per heavy atom. The van der Waals surface area contributed by atoms with Gasteiger partial charge >= 0.3 is 5.97 Å². The first kappa shape index (κ1) is 19.5. The summed E-state index contributed by atoms with van der Waals surface area (Å²) >= 11 is 0. The lowest BCUT2D eigenvalue weighted by Crippen LogP contribution is -1.99. The van der Waals surface area contributed by atoms with Crippen LogP contribution >= 0.6 is 0 Å². The van der Waals surface area contributed by atoms with Crippen LogP contribution in [-0.4, -0.2) is 29.0 Å². The summed E-state index contributed by atoms with van der Waals surface area (Å²) in [5.41, 5.74) is 5.20. The van der Waals surface area contributed by atoms with Gasteiger partial charge in [-0.1, -0.05) is 20.3 Å². The van der Waals surface area contributed by atoms with E-state index in [0.717, 1.165) is 19.3 Å². The van der Waals surface area contributed by atoms with Crippen molar-refractivity contribution in [3.05, 3.63) is 0 Å². The number of carboxylic acid groups (broad SMARTS) is 1. The minimum absolute atomic E-state index is 0.278. The van der Waals surface area contributed by atoms with E-state index in [9.17, 15) is 4.79 Å². The Morgan fingerprint density at radius 3 is 2.07 bits per heavy atom. The lowest BCUT2D eigenvalue weighted by molar-refractivity contribution is -0.137. The average Bonchev–Trinajstić information content (AvgIpc) is 2.27. The molecule has 0 heterocycles. The maximum atomic E-state index is 9.93. The molecule has 0 saturated heterocycles. The zero-order chi connectivity index (χ0) is 12.5. The van der Waals surface area contributed by atoms with Gasteiger partial charge in [-0.05, 0) is 26.3 Å². The Bertz CT molecular complexity index is 135. The fourth-order valence-electron chi connectivity index (χ4n) is 0.597. The number of oxime groups is 1. The highest BCUT2D eigenvalue weighted by Crippen LogP contribution is 1.97. The van der Waals surface area contributed by atoms with E-state index in [1.807, 2.05) is 13.8 Å². The zero-order valence-electron chi connectivity index (χ0n) is 9.94. The molecular formula is C10H24N2O3. The normalized spacial score (nSPS) is 8.53. The molecule has 0 amide bonds. The Morgan fingerprint density at radius 2 is 1.80 bits per heavy atom. The largest absolute Gasteiger partial charge is 0.481 e. The van der Waals surface area contributed by atoms with Crippen LogP contribution in [-0.2, 0) is 4.79 Å². The summed E-state index contributed by atoms with van der Waals surface area (Å²) in [6.45, 7) is 6.31. The van der Waals surface area contributed by atoms with Crippen LogP contribution in [0.5, 0.6) is 0 Å². The highest BCUT2D eigenvalue weighted by Gasteiger charge is 1.94. The van der Waals surface area contributed by atoms with Gasteiger partial charge in [0.05, 0.1) is 0 Å². The predicted molar refractivity (Wildman–Crippen MR) is 62.5 cm³/mol. The van der Waals surface area contributed by atoms with Crippen molar-refractivity contribution in [2.75, 3.05) is 6.54 Å². The molecule has 0 aromatic rings. The molecule has 15 heavy (non-hydrogen) atoms. The van der Waals surface area contributed by atoms with Crippen LogP contribution in [0, 0.1) is 0 Å². The SMILES string of the molecule is CC.CC=NO.NCCCCCC(=O)O. The topological polar surface area (TPSA) is 95.9 Å². The summed E-state index contributed by atoms with van der Waals surface area (Å²) in [4.78, 5) is 9.93. The van der Waals surface area contributed by atoms with E-state index < -0.39 is 5.97 Å². The highest BCUT2D eigenvalue weighted by molar-refractivity contribution is 5.66. The molecule has 0 radical (unpaired) electrons. The molecule has 0 aromatic carbocycles. The smallest absolute Gasteiger partial charge is 0.303 e. The van der Waals surface area contributed by atoms with Crippen molar-refractivity contribution in [1.29, 1.82) is 0 Å². The van der Waals surface area contributed by atoms with Gasteiger partial charge in [-0.2, -0.15) is 0 Å². The van der Waals surface area contributed by atoms with Gasteiger partial charge in [0.2, 0.25) is 0 Å². The maximum absolute atomic E-state index is 9.93. The molecule has 0 unspecified atom stereocenters. The first-order valence-electron chi connectivity index (χ1n) is 5.23. The molecule has 0 rings (SSSR count). The van der Waals surface area contributed by atoms with Crippen molar-refractivity contribution in [1.82, 2.24) is 0 Å². The highest BCUT2D eigenvalue weighted by atomic mass is 16.4. The molecule has 5 heteroatoms. The standard InChI is InChI=1S/C6H13NO2.C2H5NO.C2H6/c7-5-3-1-2-4-6(8)9;1-2-3-4;1-2/h1-5,7H2,(H,8,9);2,4H,1H3;1-2H3. The van der Waals surface area contributed by atoms with Crippen molar-refractivity contribution < 1.29 is 15.1 Å². The van der Waals surface area contributed by atoms with Crippen molar-refractivity contribution in [2.45, 2.75) is 46.5 Å². The molecule has 0 fully saturated rings. The van der Waals surface area contributed by atoms with Gasteiger partial charge in [0.1, 0.15) is 0 Å². The van der Waals surface area contributed by atoms with Gasteiger partial charge in [-0.15, -0.1) is 5.16 Å². The summed E-state index contributed by atoms with van der Waals surface area (Å²) in [6, 6.07) is 0. The van der Waals surface area contributed by atoms with E-state index in [1.54, 1.807) is 6.92 Å². The third-order valence-electron chi connectivity index (χ3n) is 1.21. The van der Waals surface area contributed by atoms with E-state index in [-0.39, 0.29) is 6.42 Å². The fraction of sp³-hybridized carbons (Fsp3) is 0.800. The first-order valence-corrected chi connectivity index (χ1v) is 5.23. The van der Waals surface area contributed by atoms with Crippen LogP contribution < -0.4 is 5.73 Å². The number of hydrogen-bond acceptors (Lipinski definition) is 4. The number of rotatable bonds is 5. The number of nitrogens with two attached hydrogens (primary N) is 1. The van der Waals surface area contributed by atoms with E-state index in [2.05, 4.69) is 5.16 Å². The summed E-state index contributed by atoms with van der Waals surface area (Å²) < 4.78 is 0. The number of unbranched alkanes of at least 4 members (excludes halogenated alkanes) is 2. The number of carboxylic acids is 1. The molecule has 4 N–H and O–H groups in total. The molecule has 0 spiro atoms. The van der Waals surface area contributed by atoms with Gasteiger partial charge in [0.25, 0.3) is 0 Å². The number of aliphatic carboxylic acids is 1. The third-order valence-corrected chi connectivity index (χ3v) is 1.21. The molecule has 0 aromatic heterocycles. The van der Waals surface area contributed by atoms with E-state index in [1.165, 1.54) is 6.21 Å². The molecular weight excluding hydrogens is 196 g/mol. The molecule has 5 nitrogen and oxygen atoms in total. The van der Waals surface area contributed by atoms with E-state index in [0.29, 0.717) is 6.54 Å². The lowest BCUT2D eigenvalue weighted by atomic mass is 10.2. The second-order valence-corrected chi connectivity index (χ2v) is 2.37. The van der Waals surface area contributed by atoms with Crippen LogP contribution in [0.1, 0.15) is 46.5 Å². The maximum Gasteiger partial charge on any atom is 0.303 e. The van der Waals surface area contributed by atoms with Crippen LogP contribution in [0.4, 0.5) is 0 Å². The molecule has 0 aliphatic heterocycles. The Hall–Kier alpha value is -1.10. The van der Waals surface area contributed by atoms with Crippen LogP contribution in [0.25, 0.3) is 0 Å². The molecule has 0 bridgehead atoms. The number of nitrogens with zero attached hydrogens (tertiary/aromatic N) is 1. The Balaban J connectivity index is -0.000000202. The lowest BCUT2D eigenvalue weighted by Gasteiger charge is -1.93. The van der Waals surface area contributed by atoms with Gasteiger partial charge in [-0.25, -0.2) is 0 Å². The Kier molecular flexibility index (Phi) is 29.9. The monoisotopic (exact) mass is 220 g/mol. The molecule has 92 valence electrons. The Labute approximate surface area is 92.0 Å². The molecule has 0 aliphatic rings. The van der Waals surface area contributed by atoms with Crippen molar-refractivity contribution in [3.63, 3.8) is 0 Å². The predicted octanol–water partition coefficient (Wildman–Crippen LogP) is 2.08. The summed E-state index contributed by atoms with van der Waals surface area (Å²) in [6.07, 6.45) is 4.21. The average molecular weight is 220 g/mol. The second kappa shape index (κ2) is 23.1. The third kappa shape index (κ3) is 44.0. The van der Waals surface area contributed by atoms with E-state index >= 15 is 0 Å². The van der Waals surface area contributed by atoms with Crippen LogP contribution in [0.3, 0.4) is 0 Å². The van der Waals surface area contributed by atoms with E-state index in [4.69, 9.17) is 16.0 Å². The number of carbonyl (C=O) groups is 1. The second-order valence-electron chi connectivity index (χ2n) is 2.37. The quantitative estimate of drug-likeness (QED) is 0.286.